The molecule has 1 aliphatic rings. The van der Waals surface area contributed by atoms with Crippen LogP contribution >= 0.6 is 11.3 Å². The van der Waals surface area contributed by atoms with E-state index in [1.54, 1.807) is 24.3 Å². The molecule has 0 aliphatic carbocycles. The van der Waals surface area contributed by atoms with E-state index in [1.807, 2.05) is 55.1 Å². The molecule has 0 saturated carbocycles. The third-order valence-corrected chi connectivity index (χ3v) is 7.07. The van der Waals surface area contributed by atoms with Gasteiger partial charge in [-0.3, -0.25) is 9.59 Å². The Bertz CT molecular complexity index is 1440. The molecule has 3 aromatic carbocycles. The van der Waals surface area contributed by atoms with Gasteiger partial charge in [0, 0.05) is 28.2 Å². The van der Waals surface area contributed by atoms with Crippen molar-refractivity contribution in [2.75, 3.05) is 16.8 Å². The number of rotatable bonds is 5. The summed E-state index contributed by atoms with van der Waals surface area (Å²) in [6.45, 7) is 4.59. The van der Waals surface area contributed by atoms with Crippen LogP contribution in [0.4, 0.5) is 10.8 Å². The molecule has 6 nitrogen and oxygen atoms in total. The van der Waals surface area contributed by atoms with Crippen LogP contribution < -0.4 is 10.2 Å². The van der Waals surface area contributed by atoms with E-state index in [-0.39, 0.29) is 24.0 Å². The summed E-state index contributed by atoms with van der Waals surface area (Å²) in [6.07, 6.45) is 0.948. The topological polar surface area (TPSA) is 82.5 Å². The van der Waals surface area contributed by atoms with E-state index in [0.29, 0.717) is 11.7 Å². The average molecular weight is 484 g/mol. The molecule has 0 unspecified atom stereocenters. The van der Waals surface area contributed by atoms with Crippen LogP contribution in [0.3, 0.4) is 0 Å². The van der Waals surface area contributed by atoms with Gasteiger partial charge in [-0.1, -0.05) is 36.4 Å². The number of aryl methyl sites for hydroxylation is 2. The van der Waals surface area contributed by atoms with Gasteiger partial charge in [-0.15, -0.1) is 11.3 Å². The second-order valence-corrected chi connectivity index (χ2v) is 9.89. The summed E-state index contributed by atoms with van der Waals surface area (Å²) in [7, 11) is 0. The van der Waals surface area contributed by atoms with E-state index in [4.69, 9.17) is 0 Å². The molecule has 5 rings (SSSR count). The molecule has 2 N–H and O–H groups in total. The fraction of sp³-hybridized carbons (Fsp3) is 0.179. The fourth-order valence-corrected chi connectivity index (χ4v) is 5.30. The van der Waals surface area contributed by atoms with Crippen molar-refractivity contribution in [1.82, 2.24) is 4.98 Å². The highest BCUT2D eigenvalue weighted by Gasteiger charge is 2.27. The molecule has 0 radical (unpaired) electrons. The number of carbonyl (C=O) groups excluding carboxylic acids is 2. The number of phenols is 1. The zero-order valence-corrected chi connectivity index (χ0v) is 20.4. The maximum Gasteiger partial charge on any atom is 0.258 e. The fourth-order valence-electron chi connectivity index (χ4n) is 4.45. The molecule has 0 bridgehead atoms. The molecule has 0 fully saturated rings. The van der Waals surface area contributed by atoms with E-state index in [0.717, 1.165) is 50.5 Å². The largest absolute Gasteiger partial charge is 0.508 e. The third-order valence-electron chi connectivity index (χ3n) is 6.19. The maximum absolute atomic E-state index is 13.2. The first-order chi connectivity index (χ1) is 16.9. The Labute approximate surface area is 207 Å². The van der Waals surface area contributed by atoms with Gasteiger partial charge < -0.3 is 15.3 Å². The number of aromatic nitrogens is 1. The molecule has 0 saturated heterocycles. The number of nitrogens with one attached hydrogen (secondary N) is 1. The highest BCUT2D eigenvalue weighted by Crippen LogP contribution is 2.36. The van der Waals surface area contributed by atoms with Crippen molar-refractivity contribution in [2.24, 2.45) is 0 Å². The van der Waals surface area contributed by atoms with Gasteiger partial charge in [-0.25, -0.2) is 4.98 Å². The summed E-state index contributed by atoms with van der Waals surface area (Å²) < 4.78 is 0. The number of carbonyl (C=O) groups is 2. The molecule has 35 heavy (non-hydrogen) atoms. The predicted octanol–water partition coefficient (Wildman–Crippen LogP) is 5.52. The minimum absolute atomic E-state index is 0.0242. The number of anilines is 2. The summed E-state index contributed by atoms with van der Waals surface area (Å²) in [4.78, 5) is 33.2. The van der Waals surface area contributed by atoms with Gasteiger partial charge in [-0.2, -0.15) is 0 Å². The van der Waals surface area contributed by atoms with Gasteiger partial charge in [0.15, 0.2) is 5.13 Å². The Kier molecular flexibility index (Phi) is 6.09. The molecule has 7 heteroatoms. The standard InChI is InChI=1S/C28H25N3O3S/c1-17-6-3-4-9-23(17)27(34)31-13-12-20-16-21(10-11-24(20)31)26-18(2)35-28(30-26)29-25(33)15-19-7-5-8-22(32)14-19/h3-11,14,16,32H,12-13,15H2,1-2H3,(H,29,30,33). The number of benzene rings is 3. The quantitative estimate of drug-likeness (QED) is 0.392. The minimum atomic E-state index is -0.185. The molecule has 176 valence electrons. The Balaban J connectivity index is 1.33. The third kappa shape index (κ3) is 4.68. The number of phenolic OH excluding ortho intramolecular Hbond substituents is 1. The Morgan fingerprint density at radius 1 is 1.06 bits per heavy atom. The lowest BCUT2D eigenvalue weighted by Gasteiger charge is -2.18. The van der Waals surface area contributed by atoms with Crippen molar-refractivity contribution in [3.8, 4) is 17.0 Å². The summed E-state index contributed by atoms with van der Waals surface area (Å²) in [5, 5.41) is 13.0. The van der Waals surface area contributed by atoms with Crippen molar-refractivity contribution in [3.63, 3.8) is 0 Å². The maximum atomic E-state index is 13.2. The monoisotopic (exact) mass is 483 g/mol. The normalized spacial score (nSPS) is 12.5. The summed E-state index contributed by atoms with van der Waals surface area (Å²) in [6, 6.07) is 20.4. The average Bonchev–Trinajstić information content (AvgIpc) is 3.41. The Hall–Kier alpha value is -3.97. The molecule has 0 atom stereocenters. The van der Waals surface area contributed by atoms with Crippen LogP contribution in [0.5, 0.6) is 5.75 Å². The summed E-state index contributed by atoms with van der Waals surface area (Å²) in [5.41, 5.74) is 6.29. The van der Waals surface area contributed by atoms with E-state index in [9.17, 15) is 14.7 Å². The van der Waals surface area contributed by atoms with Crippen LogP contribution in [0.15, 0.2) is 66.7 Å². The number of nitrogens with zero attached hydrogens (tertiary/aromatic N) is 2. The number of thiazole rings is 1. The number of hydrogen-bond donors (Lipinski definition) is 2. The van der Waals surface area contributed by atoms with Gasteiger partial charge in [0.05, 0.1) is 12.1 Å². The summed E-state index contributed by atoms with van der Waals surface area (Å²) in [5.74, 6) is -0.0233. The highest BCUT2D eigenvalue weighted by molar-refractivity contribution is 7.16. The van der Waals surface area contributed by atoms with E-state index < -0.39 is 0 Å². The van der Waals surface area contributed by atoms with Crippen LogP contribution in [0.1, 0.15) is 31.9 Å². The molecular weight excluding hydrogens is 458 g/mol. The van der Waals surface area contributed by atoms with Crippen LogP contribution in [-0.4, -0.2) is 28.4 Å². The van der Waals surface area contributed by atoms with Crippen LogP contribution in [0.25, 0.3) is 11.3 Å². The molecule has 2 heterocycles. The van der Waals surface area contributed by atoms with Crippen molar-refractivity contribution in [3.05, 3.63) is 93.9 Å². The number of hydrogen-bond acceptors (Lipinski definition) is 5. The Morgan fingerprint density at radius 3 is 2.69 bits per heavy atom. The van der Waals surface area contributed by atoms with Gasteiger partial charge in [-0.05, 0) is 67.3 Å². The second kappa shape index (κ2) is 9.35. The molecule has 4 aromatic rings. The van der Waals surface area contributed by atoms with Gasteiger partial charge in [0.1, 0.15) is 5.75 Å². The van der Waals surface area contributed by atoms with Crippen LogP contribution in [0.2, 0.25) is 0 Å². The first kappa shape index (κ1) is 22.8. The van der Waals surface area contributed by atoms with Crippen LogP contribution in [0, 0.1) is 13.8 Å². The van der Waals surface area contributed by atoms with E-state index in [1.165, 1.54) is 11.3 Å². The molecule has 2 amide bonds. The van der Waals surface area contributed by atoms with Gasteiger partial charge in [0.2, 0.25) is 5.91 Å². The van der Waals surface area contributed by atoms with E-state index in [2.05, 4.69) is 16.4 Å². The lowest BCUT2D eigenvalue weighted by atomic mass is 10.0. The highest BCUT2D eigenvalue weighted by atomic mass is 32.1. The van der Waals surface area contributed by atoms with Crippen molar-refractivity contribution >= 4 is 34.0 Å². The van der Waals surface area contributed by atoms with Crippen molar-refractivity contribution in [2.45, 2.75) is 26.7 Å². The zero-order valence-electron chi connectivity index (χ0n) is 19.5. The SMILES string of the molecule is Cc1ccccc1C(=O)N1CCc2cc(-c3nc(NC(=O)Cc4cccc(O)c4)sc3C)ccc21. The molecule has 1 aliphatic heterocycles. The van der Waals surface area contributed by atoms with Gasteiger partial charge in [0.25, 0.3) is 5.91 Å². The number of fused-ring (bicyclic) bond motifs is 1. The number of aromatic hydroxyl groups is 1. The first-order valence-corrected chi connectivity index (χ1v) is 12.3. The molecular formula is C28H25N3O3S. The summed E-state index contributed by atoms with van der Waals surface area (Å²) >= 11 is 1.43. The second-order valence-electron chi connectivity index (χ2n) is 8.68. The van der Waals surface area contributed by atoms with Gasteiger partial charge >= 0.3 is 0 Å². The molecule has 0 spiro atoms. The first-order valence-electron chi connectivity index (χ1n) is 11.4. The van der Waals surface area contributed by atoms with Crippen molar-refractivity contribution in [1.29, 1.82) is 0 Å². The smallest absolute Gasteiger partial charge is 0.258 e. The lowest BCUT2D eigenvalue weighted by molar-refractivity contribution is -0.115. The van der Waals surface area contributed by atoms with Crippen LogP contribution in [-0.2, 0) is 17.6 Å². The predicted molar refractivity (Wildman–Crippen MR) is 139 cm³/mol. The molecule has 1 aromatic heterocycles. The Morgan fingerprint density at radius 2 is 1.89 bits per heavy atom. The lowest BCUT2D eigenvalue weighted by Crippen LogP contribution is -2.29. The van der Waals surface area contributed by atoms with E-state index >= 15 is 0 Å². The minimum Gasteiger partial charge on any atom is -0.508 e. The number of amides is 2. The zero-order chi connectivity index (χ0) is 24.5. The van der Waals surface area contributed by atoms with Crippen molar-refractivity contribution < 1.29 is 14.7 Å².